The number of urea groups is 1. The highest BCUT2D eigenvalue weighted by molar-refractivity contribution is 5.92. The minimum Gasteiger partial charge on any atom is -0.490 e. The highest BCUT2D eigenvalue weighted by atomic mass is 19.4. The number of hydrogen-bond acceptors (Lipinski definition) is 5. The monoisotopic (exact) mass is 492 g/mol. The summed E-state index contributed by atoms with van der Waals surface area (Å²) in [4.78, 5) is 30.8. The summed E-state index contributed by atoms with van der Waals surface area (Å²) in [6.45, 7) is 1.52. The fourth-order valence-corrected chi connectivity index (χ4v) is 4.29. The molecule has 1 aliphatic heterocycles. The van der Waals surface area contributed by atoms with E-state index in [4.69, 9.17) is 4.74 Å². The van der Waals surface area contributed by atoms with E-state index in [9.17, 15) is 22.8 Å². The van der Waals surface area contributed by atoms with Crippen LogP contribution in [0.3, 0.4) is 0 Å². The number of pyridine rings is 1. The van der Waals surface area contributed by atoms with Crippen LogP contribution in [0.2, 0.25) is 0 Å². The van der Waals surface area contributed by atoms with E-state index in [2.05, 4.69) is 20.4 Å². The van der Waals surface area contributed by atoms with Gasteiger partial charge in [0.1, 0.15) is 17.2 Å². The second kappa shape index (κ2) is 10.8. The SMILES string of the molecule is O=C(Nc1ccc(OC(F)(F)F)cc1)N[C@H]1CC[C@H](Oc2ccnc(C(=O)N3CCCC3)c2)CC1. The van der Waals surface area contributed by atoms with E-state index in [1.165, 1.54) is 12.1 Å². The molecule has 11 heteroatoms. The fraction of sp³-hybridized carbons (Fsp3) is 0.458. The number of hydrogen-bond donors (Lipinski definition) is 2. The molecule has 2 fully saturated rings. The first kappa shape index (κ1) is 24.6. The summed E-state index contributed by atoms with van der Waals surface area (Å²) in [7, 11) is 0. The molecule has 2 aromatic rings. The second-order valence-electron chi connectivity index (χ2n) is 8.64. The first-order valence-electron chi connectivity index (χ1n) is 11.6. The summed E-state index contributed by atoms with van der Waals surface area (Å²) in [5.41, 5.74) is 0.737. The number of carbonyl (C=O) groups excluding carboxylic acids is 2. The van der Waals surface area contributed by atoms with Crippen molar-refractivity contribution in [1.82, 2.24) is 15.2 Å². The minimum atomic E-state index is -4.76. The Hall–Kier alpha value is -3.50. The van der Waals surface area contributed by atoms with Gasteiger partial charge in [-0.1, -0.05) is 0 Å². The smallest absolute Gasteiger partial charge is 0.490 e. The van der Waals surface area contributed by atoms with Crippen LogP contribution in [0.1, 0.15) is 49.0 Å². The fourth-order valence-electron chi connectivity index (χ4n) is 4.29. The molecule has 8 nitrogen and oxygen atoms in total. The molecule has 0 atom stereocenters. The highest BCUT2D eigenvalue weighted by Crippen LogP contribution is 2.26. The largest absolute Gasteiger partial charge is 0.573 e. The van der Waals surface area contributed by atoms with E-state index in [1.807, 2.05) is 0 Å². The Morgan fingerprint density at radius 1 is 0.971 bits per heavy atom. The Morgan fingerprint density at radius 3 is 2.31 bits per heavy atom. The third-order valence-corrected chi connectivity index (χ3v) is 6.00. The molecular formula is C24H27F3N4O4. The number of nitrogens with one attached hydrogen (secondary N) is 2. The van der Waals surface area contributed by atoms with Crippen molar-refractivity contribution < 1.29 is 32.2 Å². The molecule has 1 aromatic heterocycles. The third kappa shape index (κ3) is 7.24. The molecule has 1 saturated heterocycles. The van der Waals surface area contributed by atoms with Crippen molar-refractivity contribution in [3.8, 4) is 11.5 Å². The molecule has 2 N–H and O–H groups in total. The zero-order valence-electron chi connectivity index (χ0n) is 19.0. The van der Waals surface area contributed by atoms with Gasteiger partial charge in [0.05, 0.1) is 6.10 Å². The van der Waals surface area contributed by atoms with Crippen LogP contribution in [0.15, 0.2) is 42.6 Å². The predicted octanol–water partition coefficient (Wildman–Crippen LogP) is 4.73. The van der Waals surface area contributed by atoms with E-state index in [0.29, 0.717) is 30.0 Å². The van der Waals surface area contributed by atoms with Crippen molar-refractivity contribution in [3.05, 3.63) is 48.3 Å². The molecule has 1 aliphatic carbocycles. The molecular weight excluding hydrogens is 465 g/mol. The third-order valence-electron chi connectivity index (χ3n) is 6.00. The van der Waals surface area contributed by atoms with Crippen LogP contribution in [-0.2, 0) is 0 Å². The lowest BCUT2D eigenvalue weighted by molar-refractivity contribution is -0.274. The van der Waals surface area contributed by atoms with Gasteiger partial charge >= 0.3 is 12.4 Å². The lowest BCUT2D eigenvalue weighted by Gasteiger charge is -2.29. The summed E-state index contributed by atoms with van der Waals surface area (Å²) in [6, 6.07) is 7.88. The van der Waals surface area contributed by atoms with Crippen LogP contribution in [0, 0.1) is 0 Å². The molecule has 3 amide bonds. The highest BCUT2D eigenvalue weighted by Gasteiger charge is 2.31. The molecule has 2 aliphatic rings. The van der Waals surface area contributed by atoms with Gasteiger partial charge in [-0.3, -0.25) is 9.78 Å². The maximum Gasteiger partial charge on any atom is 0.573 e. The number of rotatable bonds is 6. The molecule has 0 bridgehead atoms. The summed E-state index contributed by atoms with van der Waals surface area (Å²) in [6.07, 6.45) is 1.69. The number of nitrogens with zero attached hydrogens (tertiary/aromatic N) is 2. The molecule has 188 valence electrons. The molecule has 0 unspecified atom stereocenters. The van der Waals surface area contributed by atoms with Crippen molar-refractivity contribution in [2.24, 2.45) is 0 Å². The number of halogens is 3. The van der Waals surface area contributed by atoms with Crippen molar-refractivity contribution in [2.45, 2.75) is 57.0 Å². The first-order valence-corrected chi connectivity index (χ1v) is 11.6. The lowest BCUT2D eigenvalue weighted by Crippen LogP contribution is -2.41. The van der Waals surface area contributed by atoms with Gasteiger partial charge in [0.2, 0.25) is 0 Å². The van der Waals surface area contributed by atoms with Crippen molar-refractivity contribution >= 4 is 17.6 Å². The number of ether oxygens (including phenoxy) is 2. The number of likely N-dealkylation sites (tertiary alicyclic amines) is 1. The summed E-state index contributed by atoms with van der Waals surface area (Å²) < 4.78 is 46.6. The predicted molar refractivity (Wildman–Crippen MR) is 121 cm³/mol. The normalized spacial score (nSPS) is 20.3. The Kier molecular flexibility index (Phi) is 7.62. The van der Waals surface area contributed by atoms with Crippen molar-refractivity contribution in [2.75, 3.05) is 18.4 Å². The maximum atomic E-state index is 12.6. The average molecular weight is 492 g/mol. The molecule has 0 radical (unpaired) electrons. The van der Waals surface area contributed by atoms with Crippen molar-refractivity contribution in [1.29, 1.82) is 0 Å². The van der Waals surface area contributed by atoms with Crippen LogP contribution < -0.4 is 20.1 Å². The van der Waals surface area contributed by atoms with Gasteiger partial charge in [-0.15, -0.1) is 13.2 Å². The van der Waals surface area contributed by atoms with E-state index < -0.39 is 12.4 Å². The average Bonchev–Trinajstić information content (AvgIpc) is 3.35. The number of benzene rings is 1. The Morgan fingerprint density at radius 2 is 1.66 bits per heavy atom. The summed E-state index contributed by atoms with van der Waals surface area (Å²) in [5.74, 6) is 0.174. The van der Waals surface area contributed by atoms with Gasteiger partial charge in [0.25, 0.3) is 5.91 Å². The first-order chi connectivity index (χ1) is 16.7. The van der Waals surface area contributed by atoms with Gasteiger partial charge in [-0.05, 0) is 68.9 Å². The van der Waals surface area contributed by atoms with Crippen LogP contribution in [0.4, 0.5) is 23.7 Å². The van der Waals surface area contributed by atoms with E-state index >= 15 is 0 Å². The van der Waals surface area contributed by atoms with Gasteiger partial charge in [0.15, 0.2) is 0 Å². The van der Waals surface area contributed by atoms with Gasteiger partial charge < -0.3 is 25.0 Å². The summed E-state index contributed by atoms with van der Waals surface area (Å²) in [5, 5.41) is 5.49. The van der Waals surface area contributed by atoms with Gasteiger partial charge in [-0.2, -0.15) is 0 Å². The number of carbonyl (C=O) groups is 2. The molecule has 1 saturated carbocycles. The number of alkyl halides is 3. The van der Waals surface area contributed by atoms with Gasteiger partial charge in [-0.25, -0.2) is 4.79 Å². The maximum absolute atomic E-state index is 12.6. The Balaban J connectivity index is 1.21. The lowest BCUT2D eigenvalue weighted by atomic mass is 9.93. The van der Waals surface area contributed by atoms with Gasteiger partial charge in [0, 0.05) is 37.1 Å². The van der Waals surface area contributed by atoms with Crippen LogP contribution in [0.5, 0.6) is 11.5 Å². The summed E-state index contributed by atoms with van der Waals surface area (Å²) >= 11 is 0. The zero-order chi connectivity index (χ0) is 24.8. The number of aromatic nitrogens is 1. The molecule has 0 spiro atoms. The van der Waals surface area contributed by atoms with E-state index in [1.54, 1.807) is 23.2 Å². The quantitative estimate of drug-likeness (QED) is 0.608. The second-order valence-corrected chi connectivity index (χ2v) is 8.64. The Bertz CT molecular complexity index is 1020. The number of anilines is 1. The Labute approximate surface area is 200 Å². The standard InChI is InChI=1S/C24H27F3N4O4/c25-24(26,27)35-19-9-5-17(6-10-19)30-23(33)29-16-3-7-18(8-4-16)34-20-11-12-28-21(15-20)22(32)31-13-1-2-14-31/h5-6,9-12,15-16,18H,1-4,7-8,13-14H2,(H2,29,30,33)/t16-,18-. The van der Waals surface area contributed by atoms with E-state index in [0.717, 1.165) is 50.9 Å². The molecule has 35 heavy (non-hydrogen) atoms. The van der Waals surface area contributed by atoms with Crippen LogP contribution in [0.25, 0.3) is 0 Å². The molecule has 4 rings (SSSR count). The van der Waals surface area contributed by atoms with E-state index in [-0.39, 0.29) is 23.8 Å². The molecule has 1 aromatic carbocycles. The minimum absolute atomic E-state index is 0.0329. The van der Waals surface area contributed by atoms with Crippen molar-refractivity contribution in [3.63, 3.8) is 0 Å². The number of amides is 3. The topological polar surface area (TPSA) is 92.8 Å². The zero-order valence-corrected chi connectivity index (χ0v) is 19.0. The van der Waals surface area contributed by atoms with Crippen LogP contribution in [-0.4, -0.2) is 53.4 Å². The van der Waals surface area contributed by atoms with Crippen LogP contribution >= 0.6 is 0 Å². The molecule has 2 heterocycles.